The van der Waals surface area contributed by atoms with Crippen molar-refractivity contribution in [3.8, 4) is 0 Å². The van der Waals surface area contributed by atoms with Crippen LogP contribution in [0, 0.1) is 5.92 Å². The van der Waals surface area contributed by atoms with Crippen LogP contribution in [0.15, 0.2) is 9.66 Å². The van der Waals surface area contributed by atoms with Crippen molar-refractivity contribution >= 4 is 28.4 Å². The normalized spacial score (nSPS) is 28.0. The van der Waals surface area contributed by atoms with E-state index in [4.69, 9.17) is 0 Å². The molecule has 0 aliphatic heterocycles. The maximum Gasteiger partial charge on any atom is 0.168 e. The van der Waals surface area contributed by atoms with Gasteiger partial charge in [0.25, 0.3) is 0 Å². The van der Waals surface area contributed by atoms with Crippen molar-refractivity contribution < 1.29 is 4.79 Å². The van der Waals surface area contributed by atoms with E-state index in [1.807, 2.05) is 6.08 Å². The van der Waals surface area contributed by atoms with Crippen molar-refractivity contribution in [3.63, 3.8) is 0 Å². The summed E-state index contributed by atoms with van der Waals surface area (Å²) < 4.78 is 0.922. The molecule has 0 heterocycles. The Bertz CT molecular complexity index is 160. The summed E-state index contributed by atoms with van der Waals surface area (Å²) in [6.07, 6.45) is 3.84. The third kappa shape index (κ3) is 1.78. The second kappa shape index (κ2) is 2.82. The highest BCUT2D eigenvalue weighted by molar-refractivity contribution is 14.1. The third-order valence-electron chi connectivity index (χ3n) is 1.50. The van der Waals surface area contributed by atoms with E-state index in [0.29, 0.717) is 11.7 Å². The molecule has 0 aromatic heterocycles. The van der Waals surface area contributed by atoms with Gasteiger partial charge in [0.15, 0.2) is 5.78 Å². The van der Waals surface area contributed by atoms with Gasteiger partial charge in [-0.1, -0.05) is 13.0 Å². The molecule has 0 aromatic rings. The van der Waals surface area contributed by atoms with Crippen LogP contribution < -0.4 is 0 Å². The van der Waals surface area contributed by atoms with Gasteiger partial charge in [0, 0.05) is 6.42 Å². The van der Waals surface area contributed by atoms with Crippen LogP contribution in [0.4, 0.5) is 0 Å². The molecule has 1 nitrogen and oxygen atoms in total. The average Bonchev–Trinajstić information content (AvgIpc) is 1.80. The van der Waals surface area contributed by atoms with Gasteiger partial charge in [0.05, 0.1) is 3.58 Å². The number of rotatable bonds is 0. The first kappa shape index (κ1) is 7.25. The zero-order valence-electron chi connectivity index (χ0n) is 5.36. The SMILES string of the molecule is C[C@@H]1CC=C(I)C(=O)C1. The molecule has 0 fully saturated rings. The largest absolute Gasteiger partial charge is 0.294 e. The van der Waals surface area contributed by atoms with Crippen LogP contribution in [0.3, 0.4) is 0 Å². The average molecular weight is 236 g/mol. The predicted octanol–water partition coefficient (Wildman–Crippen LogP) is 2.30. The molecule has 1 aliphatic rings. The lowest BCUT2D eigenvalue weighted by molar-refractivity contribution is -0.115. The maximum absolute atomic E-state index is 10.9. The number of halogens is 1. The minimum Gasteiger partial charge on any atom is -0.294 e. The Morgan fingerprint density at radius 3 is 2.89 bits per heavy atom. The standard InChI is InChI=1S/C7H9IO/c1-5-2-3-6(8)7(9)4-5/h3,5H,2,4H2,1H3/t5-/m1/s1. The molecule has 0 amide bonds. The van der Waals surface area contributed by atoms with E-state index in [2.05, 4.69) is 29.5 Å². The maximum atomic E-state index is 10.9. The van der Waals surface area contributed by atoms with Crippen LogP contribution >= 0.6 is 22.6 Å². The number of Topliss-reactive ketones (excluding diaryl/α,β-unsaturated/α-hetero) is 1. The summed E-state index contributed by atoms with van der Waals surface area (Å²) in [6, 6.07) is 0. The lowest BCUT2D eigenvalue weighted by atomic mass is 9.96. The van der Waals surface area contributed by atoms with Crippen molar-refractivity contribution in [2.75, 3.05) is 0 Å². The van der Waals surface area contributed by atoms with E-state index in [1.165, 1.54) is 0 Å². The van der Waals surface area contributed by atoms with Gasteiger partial charge in [-0.2, -0.15) is 0 Å². The quantitative estimate of drug-likeness (QED) is 0.590. The molecule has 50 valence electrons. The predicted molar refractivity (Wildman–Crippen MR) is 45.5 cm³/mol. The Morgan fingerprint density at radius 2 is 2.44 bits per heavy atom. The van der Waals surface area contributed by atoms with E-state index in [-0.39, 0.29) is 0 Å². The van der Waals surface area contributed by atoms with Gasteiger partial charge < -0.3 is 0 Å². The summed E-state index contributed by atoms with van der Waals surface area (Å²) in [4.78, 5) is 10.9. The van der Waals surface area contributed by atoms with Crippen molar-refractivity contribution in [3.05, 3.63) is 9.66 Å². The molecule has 1 atom stereocenters. The summed E-state index contributed by atoms with van der Waals surface area (Å²) >= 11 is 2.10. The van der Waals surface area contributed by atoms with E-state index in [1.54, 1.807) is 0 Å². The van der Waals surface area contributed by atoms with Crippen LogP contribution in [-0.2, 0) is 4.79 Å². The summed E-state index contributed by atoms with van der Waals surface area (Å²) in [6.45, 7) is 2.11. The van der Waals surface area contributed by atoms with Crippen molar-refractivity contribution in [2.45, 2.75) is 19.8 Å². The van der Waals surface area contributed by atoms with Gasteiger partial charge in [0.1, 0.15) is 0 Å². The van der Waals surface area contributed by atoms with Crippen molar-refractivity contribution in [1.29, 1.82) is 0 Å². The highest BCUT2D eigenvalue weighted by atomic mass is 127. The van der Waals surface area contributed by atoms with E-state index in [9.17, 15) is 4.79 Å². The smallest absolute Gasteiger partial charge is 0.168 e. The van der Waals surface area contributed by atoms with Gasteiger partial charge >= 0.3 is 0 Å². The number of ketones is 1. The van der Waals surface area contributed by atoms with Gasteiger partial charge in [-0.3, -0.25) is 4.79 Å². The van der Waals surface area contributed by atoms with E-state index < -0.39 is 0 Å². The van der Waals surface area contributed by atoms with Crippen LogP contribution in [0.25, 0.3) is 0 Å². The van der Waals surface area contributed by atoms with Gasteiger partial charge in [-0.25, -0.2) is 0 Å². The number of hydrogen-bond acceptors (Lipinski definition) is 1. The second-order valence-corrected chi connectivity index (χ2v) is 3.68. The van der Waals surface area contributed by atoms with Gasteiger partial charge in [-0.05, 0) is 34.9 Å². The Hall–Kier alpha value is 0.140. The number of hydrogen-bond donors (Lipinski definition) is 0. The topological polar surface area (TPSA) is 17.1 Å². The monoisotopic (exact) mass is 236 g/mol. The van der Waals surface area contributed by atoms with E-state index >= 15 is 0 Å². The first-order valence-electron chi connectivity index (χ1n) is 3.09. The fraction of sp³-hybridized carbons (Fsp3) is 0.571. The lowest BCUT2D eigenvalue weighted by Crippen LogP contribution is -2.09. The van der Waals surface area contributed by atoms with Crippen LogP contribution in [0.5, 0.6) is 0 Å². The number of allylic oxidation sites excluding steroid dienone is 2. The Labute approximate surface area is 68.7 Å². The van der Waals surface area contributed by atoms with Gasteiger partial charge in [-0.15, -0.1) is 0 Å². The summed E-state index contributed by atoms with van der Waals surface area (Å²) in [7, 11) is 0. The second-order valence-electron chi connectivity index (χ2n) is 2.52. The first-order valence-corrected chi connectivity index (χ1v) is 4.17. The Morgan fingerprint density at radius 1 is 1.78 bits per heavy atom. The summed E-state index contributed by atoms with van der Waals surface area (Å²) in [5.74, 6) is 0.880. The van der Waals surface area contributed by atoms with E-state index in [0.717, 1.165) is 16.4 Å². The molecule has 0 bridgehead atoms. The molecule has 2 heteroatoms. The third-order valence-corrected chi connectivity index (χ3v) is 2.54. The molecular formula is C7H9IO. The molecule has 1 aliphatic carbocycles. The number of carbonyl (C=O) groups is 1. The van der Waals surface area contributed by atoms with Crippen LogP contribution in [0.2, 0.25) is 0 Å². The Kier molecular flexibility index (Phi) is 2.27. The van der Waals surface area contributed by atoms with Crippen molar-refractivity contribution in [1.82, 2.24) is 0 Å². The molecule has 0 spiro atoms. The molecule has 0 unspecified atom stereocenters. The Balaban J connectivity index is 2.68. The highest BCUT2D eigenvalue weighted by Gasteiger charge is 2.15. The minimum atomic E-state index is 0.314. The first-order chi connectivity index (χ1) is 4.20. The van der Waals surface area contributed by atoms with Crippen LogP contribution in [0.1, 0.15) is 19.8 Å². The summed E-state index contributed by atoms with van der Waals surface area (Å²) in [5, 5.41) is 0. The molecule has 0 saturated heterocycles. The fourth-order valence-corrected chi connectivity index (χ4v) is 1.39. The fourth-order valence-electron chi connectivity index (χ4n) is 0.916. The minimum absolute atomic E-state index is 0.314. The molecule has 0 aromatic carbocycles. The van der Waals surface area contributed by atoms with Crippen LogP contribution in [-0.4, -0.2) is 5.78 Å². The molecule has 0 N–H and O–H groups in total. The molecular weight excluding hydrogens is 227 g/mol. The molecule has 0 radical (unpaired) electrons. The lowest BCUT2D eigenvalue weighted by Gasteiger charge is -2.12. The zero-order chi connectivity index (χ0) is 6.85. The van der Waals surface area contributed by atoms with Gasteiger partial charge in [0.2, 0.25) is 0 Å². The molecule has 9 heavy (non-hydrogen) atoms. The highest BCUT2D eigenvalue weighted by Crippen LogP contribution is 2.23. The number of carbonyl (C=O) groups excluding carboxylic acids is 1. The summed E-state index contributed by atoms with van der Waals surface area (Å²) in [5.41, 5.74) is 0. The molecule has 0 saturated carbocycles. The van der Waals surface area contributed by atoms with Crippen molar-refractivity contribution in [2.24, 2.45) is 5.92 Å². The molecule has 1 rings (SSSR count). The zero-order valence-corrected chi connectivity index (χ0v) is 7.51.